The van der Waals surface area contributed by atoms with Crippen molar-refractivity contribution < 1.29 is 9.21 Å². The van der Waals surface area contributed by atoms with E-state index in [1.54, 1.807) is 0 Å². The van der Waals surface area contributed by atoms with E-state index in [0.717, 1.165) is 31.6 Å². The normalized spacial score (nSPS) is 14.6. The quantitative estimate of drug-likeness (QED) is 0.740. The van der Waals surface area contributed by atoms with Gasteiger partial charge in [-0.2, -0.15) is 0 Å². The van der Waals surface area contributed by atoms with Crippen LogP contribution in [0.15, 0.2) is 51.7 Å². The van der Waals surface area contributed by atoms with Crippen LogP contribution in [-0.2, 0) is 17.6 Å². The number of rotatable bonds is 5. The highest BCUT2D eigenvalue weighted by Crippen LogP contribution is 2.21. The number of aryl methyl sites for hydroxylation is 2. The van der Waals surface area contributed by atoms with Crippen LogP contribution >= 0.6 is 0 Å². The van der Waals surface area contributed by atoms with Gasteiger partial charge >= 0.3 is 5.76 Å². The summed E-state index contributed by atoms with van der Waals surface area (Å²) in [5, 5.41) is 0. The Kier molecular flexibility index (Phi) is 5.19. The van der Waals surface area contributed by atoms with E-state index in [1.807, 2.05) is 23.1 Å². The van der Waals surface area contributed by atoms with E-state index in [1.165, 1.54) is 11.1 Å². The Bertz CT molecular complexity index is 1010. The topological polar surface area (TPSA) is 69.6 Å². The van der Waals surface area contributed by atoms with Gasteiger partial charge in [-0.05, 0) is 42.2 Å². The molecule has 0 aliphatic carbocycles. The molecule has 0 saturated carbocycles. The van der Waals surface area contributed by atoms with Gasteiger partial charge in [-0.15, -0.1) is 0 Å². The van der Waals surface area contributed by atoms with Crippen LogP contribution in [0, 0.1) is 0 Å². The molecular formula is C22H25N3O3. The summed E-state index contributed by atoms with van der Waals surface area (Å²) in [7, 11) is 0. The molecular weight excluding hydrogens is 354 g/mol. The average molecular weight is 379 g/mol. The number of nitrogens with one attached hydrogen (secondary N) is 1. The highest BCUT2D eigenvalue weighted by Gasteiger charge is 2.21. The van der Waals surface area contributed by atoms with Crippen molar-refractivity contribution in [3.05, 3.63) is 64.1 Å². The molecule has 1 amide bonds. The van der Waals surface area contributed by atoms with Gasteiger partial charge in [0.1, 0.15) is 0 Å². The van der Waals surface area contributed by atoms with E-state index in [2.05, 4.69) is 41.1 Å². The number of H-pyrrole nitrogens is 1. The summed E-state index contributed by atoms with van der Waals surface area (Å²) >= 11 is 0. The molecule has 6 nitrogen and oxygen atoms in total. The molecule has 0 atom stereocenters. The number of hydrogen-bond acceptors (Lipinski definition) is 4. The molecule has 1 N–H and O–H groups in total. The third kappa shape index (κ3) is 3.96. The standard InChI is InChI=1S/C22H25N3O3/c1-2-16-3-5-17(6-4-16)7-10-21(26)25-13-11-24(12-14-25)18-8-9-20-19(15-18)23-22(27)28-20/h3-6,8-9,15H,2,7,10-14H2,1H3,(H,23,27). The molecule has 2 heterocycles. The van der Waals surface area contributed by atoms with E-state index >= 15 is 0 Å². The second-order valence-corrected chi connectivity index (χ2v) is 7.23. The number of anilines is 1. The number of benzene rings is 2. The van der Waals surface area contributed by atoms with Gasteiger partial charge in [0.25, 0.3) is 0 Å². The third-order valence-electron chi connectivity index (χ3n) is 5.46. The van der Waals surface area contributed by atoms with E-state index < -0.39 is 5.76 Å². The van der Waals surface area contributed by atoms with Gasteiger partial charge in [0.2, 0.25) is 5.91 Å². The van der Waals surface area contributed by atoms with Crippen molar-refractivity contribution in [3.63, 3.8) is 0 Å². The van der Waals surface area contributed by atoms with E-state index in [9.17, 15) is 9.59 Å². The maximum atomic E-state index is 12.6. The first-order chi connectivity index (χ1) is 13.6. The SMILES string of the molecule is CCc1ccc(CCC(=O)N2CCN(c3ccc4oc(=O)[nH]c4c3)CC2)cc1. The van der Waals surface area contributed by atoms with Crippen molar-refractivity contribution in [1.82, 2.24) is 9.88 Å². The monoisotopic (exact) mass is 379 g/mol. The van der Waals surface area contributed by atoms with Crippen molar-refractivity contribution in [3.8, 4) is 0 Å². The zero-order valence-electron chi connectivity index (χ0n) is 16.1. The Labute approximate surface area is 163 Å². The predicted molar refractivity (Wildman–Crippen MR) is 110 cm³/mol. The molecule has 1 fully saturated rings. The molecule has 1 aliphatic heterocycles. The highest BCUT2D eigenvalue weighted by molar-refractivity contribution is 5.78. The number of nitrogens with zero attached hydrogens (tertiary/aromatic N) is 2. The van der Waals surface area contributed by atoms with Gasteiger partial charge in [-0.1, -0.05) is 31.2 Å². The molecule has 4 rings (SSSR count). The fraction of sp³-hybridized carbons (Fsp3) is 0.364. The largest absolute Gasteiger partial charge is 0.417 e. The lowest BCUT2D eigenvalue weighted by molar-refractivity contribution is -0.131. The Morgan fingerprint density at radius 2 is 1.75 bits per heavy atom. The van der Waals surface area contributed by atoms with Gasteiger partial charge in [0.05, 0.1) is 5.52 Å². The Hall–Kier alpha value is -3.02. The molecule has 28 heavy (non-hydrogen) atoms. The van der Waals surface area contributed by atoms with Crippen LogP contribution in [0.4, 0.5) is 5.69 Å². The predicted octanol–water partition coefficient (Wildman–Crippen LogP) is 2.96. The summed E-state index contributed by atoms with van der Waals surface area (Å²) in [6.07, 6.45) is 2.37. The Morgan fingerprint density at radius 3 is 2.46 bits per heavy atom. The van der Waals surface area contributed by atoms with Crippen LogP contribution < -0.4 is 10.7 Å². The van der Waals surface area contributed by atoms with Gasteiger partial charge in [-0.25, -0.2) is 4.79 Å². The third-order valence-corrected chi connectivity index (χ3v) is 5.46. The number of carbonyl (C=O) groups excluding carboxylic acids is 1. The smallest absolute Gasteiger partial charge is 0.408 e. The number of carbonyl (C=O) groups is 1. The minimum atomic E-state index is -0.438. The van der Waals surface area contributed by atoms with E-state index in [-0.39, 0.29) is 5.91 Å². The molecule has 0 radical (unpaired) electrons. The number of amides is 1. The number of aromatic nitrogens is 1. The van der Waals surface area contributed by atoms with Crippen molar-refractivity contribution in [2.24, 2.45) is 0 Å². The minimum Gasteiger partial charge on any atom is -0.408 e. The number of aromatic amines is 1. The van der Waals surface area contributed by atoms with Crippen molar-refractivity contribution >= 4 is 22.7 Å². The van der Waals surface area contributed by atoms with Gasteiger partial charge in [0.15, 0.2) is 5.58 Å². The molecule has 0 bridgehead atoms. The van der Waals surface area contributed by atoms with Gasteiger partial charge in [-0.3, -0.25) is 9.78 Å². The Morgan fingerprint density at radius 1 is 1.04 bits per heavy atom. The first-order valence-corrected chi connectivity index (χ1v) is 9.86. The van der Waals surface area contributed by atoms with Gasteiger partial charge in [0, 0.05) is 38.3 Å². The summed E-state index contributed by atoms with van der Waals surface area (Å²) in [5.41, 5.74) is 4.84. The maximum Gasteiger partial charge on any atom is 0.417 e. The number of oxazole rings is 1. The van der Waals surface area contributed by atoms with Crippen LogP contribution in [0.1, 0.15) is 24.5 Å². The number of piperazine rings is 1. The van der Waals surface area contributed by atoms with Crippen LogP contribution in [-0.4, -0.2) is 42.0 Å². The number of hydrogen-bond donors (Lipinski definition) is 1. The molecule has 0 spiro atoms. The summed E-state index contributed by atoms with van der Waals surface area (Å²) in [6.45, 7) is 5.14. The van der Waals surface area contributed by atoms with E-state index in [4.69, 9.17) is 4.42 Å². The maximum absolute atomic E-state index is 12.6. The second-order valence-electron chi connectivity index (χ2n) is 7.23. The fourth-order valence-electron chi connectivity index (χ4n) is 3.70. The molecule has 6 heteroatoms. The van der Waals surface area contributed by atoms with Crippen molar-refractivity contribution in [2.45, 2.75) is 26.2 Å². The second kappa shape index (κ2) is 7.92. The summed E-state index contributed by atoms with van der Waals surface area (Å²) in [4.78, 5) is 30.8. The van der Waals surface area contributed by atoms with Crippen molar-refractivity contribution in [1.29, 1.82) is 0 Å². The fourth-order valence-corrected chi connectivity index (χ4v) is 3.70. The van der Waals surface area contributed by atoms with Gasteiger partial charge < -0.3 is 14.2 Å². The summed E-state index contributed by atoms with van der Waals surface area (Å²) in [5.74, 6) is -0.222. The molecule has 1 saturated heterocycles. The highest BCUT2D eigenvalue weighted by atomic mass is 16.4. The molecule has 2 aromatic carbocycles. The van der Waals surface area contributed by atoms with Crippen LogP contribution in [0.3, 0.4) is 0 Å². The van der Waals surface area contributed by atoms with Crippen LogP contribution in [0.25, 0.3) is 11.1 Å². The molecule has 1 aliphatic rings. The lowest BCUT2D eigenvalue weighted by Gasteiger charge is -2.36. The summed E-state index contributed by atoms with van der Waals surface area (Å²) < 4.78 is 5.05. The average Bonchev–Trinajstić information content (AvgIpc) is 3.11. The molecule has 146 valence electrons. The molecule has 1 aromatic heterocycles. The first-order valence-electron chi connectivity index (χ1n) is 9.86. The molecule has 0 unspecified atom stereocenters. The lowest BCUT2D eigenvalue weighted by atomic mass is 10.1. The van der Waals surface area contributed by atoms with Crippen molar-refractivity contribution in [2.75, 3.05) is 31.1 Å². The van der Waals surface area contributed by atoms with E-state index in [0.29, 0.717) is 30.6 Å². The van der Waals surface area contributed by atoms with Crippen LogP contribution in [0.5, 0.6) is 0 Å². The minimum absolute atomic E-state index is 0.217. The Balaban J connectivity index is 1.31. The first kappa shape index (κ1) is 18.3. The number of fused-ring (bicyclic) bond motifs is 1. The lowest BCUT2D eigenvalue weighted by Crippen LogP contribution is -2.48. The zero-order chi connectivity index (χ0) is 19.5. The molecule has 3 aromatic rings. The summed E-state index contributed by atoms with van der Waals surface area (Å²) in [6, 6.07) is 14.2. The van der Waals surface area contributed by atoms with Crippen LogP contribution in [0.2, 0.25) is 0 Å². The zero-order valence-corrected chi connectivity index (χ0v) is 16.1.